The number of aliphatic hydroxyl groups is 1. The van der Waals surface area contributed by atoms with Gasteiger partial charge in [0.25, 0.3) is 0 Å². The lowest BCUT2D eigenvalue weighted by atomic mass is 10.2. The van der Waals surface area contributed by atoms with Crippen LogP contribution >= 0.6 is 23.2 Å². The van der Waals surface area contributed by atoms with Crippen molar-refractivity contribution in [3.63, 3.8) is 0 Å². The van der Waals surface area contributed by atoms with E-state index in [2.05, 4.69) is 10.1 Å². The van der Waals surface area contributed by atoms with E-state index in [4.69, 9.17) is 28.3 Å². The van der Waals surface area contributed by atoms with Crippen LogP contribution in [0.3, 0.4) is 0 Å². The minimum absolute atomic E-state index is 0.397. The number of benzene rings is 1. The molecule has 0 saturated heterocycles. The molecule has 1 atom stereocenters. The molecule has 0 aliphatic carbocycles. The van der Waals surface area contributed by atoms with E-state index in [1.165, 1.54) is 19.3 Å². The third kappa shape index (κ3) is 4.85. The molecule has 0 aliphatic heterocycles. The van der Waals surface area contributed by atoms with Crippen LogP contribution in [-0.4, -0.2) is 36.7 Å². The van der Waals surface area contributed by atoms with Crippen LogP contribution in [0.5, 0.6) is 0 Å². The first kappa shape index (κ1) is 16.5. The highest BCUT2D eigenvalue weighted by atomic mass is 35.5. The van der Waals surface area contributed by atoms with Crippen molar-refractivity contribution in [2.45, 2.75) is 6.04 Å². The highest BCUT2D eigenvalue weighted by Crippen LogP contribution is 2.21. The Morgan fingerprint density at radius 1 is 1.45 bits per heavy atom. The van der Waals surface area contributed by atoms with Crippen molar-refractivity contribution < 1.29 is 19.4 Å². The second kappa shape index (κ2) is 7.89. The number of carbonyl (C=O) groups is 2. The highest BCUT2D eigenvalue weighted by molar-refractivity contribution is 6.35. The molecule has 0 bridgehead atoms. The van der Waals surface area contributed by atoms with Crippen molar-refractivity contribution in [2.75, 3.05) is 13.7 Å². The van der Waals surface area contributed by atoms with Gasteiger partial charge in [-0.2, -0.15) is 0 Å². The molecule has 0 spiro atoms. The van der Waals surface area contributed by atoms with Gasteiger partial charge in [0.1, 0.15) is 0 Å². The summed E-state index contributed by atoms with van der Waals surface area (Å²) in [6, 6.07) is 3.73. The van der Waals surface area contributed by atoms with Gasteiger partial charge in [0.15, 0.2) is 6.04 Å². The summed E-state index contributed by atoms with van der Waals surface area (Å²) < 4.78 is 4.43. The Morgan fingerprint density at radius 3 is 2.70 bits per heavy atom. The summed E-state index contributed by atoms with van der Waals surface area (Å²) in [4.78, 5) is 22.8. The van der Waals surface area contributed by atoms with E-state index in [1.54, 1.807) is 18.2 Å². The number of nitrogens with one attached hydrogen (secondary N) is 1. The second-order valence-corrected chi connectivity index (χ2v) is 4.61. The van der Waals surface area contributed by atoms with Gasteiger partial charge in [-0.3, -0.25) is 4.79 Å². The lowest BCUT2D eigenvalue weighted by Crippen LogP contribution is -2.43. The molecule has 5 nitrogen and oxygen atoms in total. The van der Waals surface area contributed by atoms with Crippen LogP contribution in [0.15, 0.2) is 24.3 Å². The van der Waals surface area contributed by atoms with Crippen LogP contribution in [0.1, 0.15) is 5.56 Å². The Morgan fingerprint density at radius 2 is 2.15 bits per heavy atom. The van der Waals surface area contributed by atoms with E-state index < -0.39 is 24.5 Å². The number of aliphatic hydroxyl groups excluding tert-OH is 1. The number of ether oxygens (including phenoxy) is 1. The van der Waals surface area contributed by atoms with Gasteiger partial charge >= 0.3 is 5.97 Å². The molecule has 20 heavy (non-hydrogen) atoms. The Labute approximate surface area is 126 Å². The molecule has 0 heterocycles. The van der Waals surface area contributed by atoms with E-state index in [0.29, 0.717) is 15.6 Å². The summed E-state index contributed by atoms with van der Waals surface area (Å²) in [5.41, 5.74) is 0.602. The average Bonchev–Trinajstić information content (AvgIpc) is 2.43. The maximum absolute atomic E-state index is 11.6. The van der Waals surface area contributed by atoms with E-state index in [1.807, 2.05) is 0 Å². The molecule has 0 aromatic heterocycles. The number of halogens is 2. The van der Waals surface area contributed by atoms with Gasteiger partial charge in [-0.25, -0.2) is 4.79 Å². The average molecular weight is 318 g/mol. The Balaban J connectivity index is 2.70. The molecule has 1 amide bonds. The quantitative estimate of drug-likeness (QED) is 0.639. The number of rotatable bonds is 5. The second-order valence-electron chi connectivity index (χ2n) is 3.77. The SMILES string of the molecule is COC(=O)C(CO)NC(=O)/C=C/c1ccc(Cl)cc1Cl. The molecular formula is C13H13Cl2NO4. The third-order valence-corrected chi connectivity index (χ3v) is 2.92. The molecule has 1 aromatic carbocycles. The Kier molecular flexibility index (Phi) is 6.51. The Hall–Kier alpha value is -1.56. The zero-order chi connectivity index (χ0) is 15.1. The molecule has 0 radical (unpaired) electrons. The standard InChI is InChI=1S/C13H13Cl2NO4/c1-20-13(19)11(7-17)16-12(18)5-3-8-2-4-9(14)6-10(8)15/h2-6,11,17H,7H2,1H3,(H,16,18)/b5-3+. The lowest BCUT2D eigenvalue weighted by Gasteiger charge is -2.12. The van der Waals surface area contributed by atoms with Gasteiger partial charge in [-0.1, -0.05) is 29.3 Å². The highest BCUT2D eigenvalue weighted by Gasteiger charge is 2.19. The number of hydrogen-bond acceptors (Lipinski definition) is 4. The lowest BCUT2D eigenvalue weighted by molar-refractivity contribution is -0.145. The number of carbonyl (C=O) groups excluding carboxylic acids is 2. The monoisotopic (exact) mass is 317 g/mol. The molecule has 0 fully saturated rings. The van der Waals surface area contributed by atoms with Gasteiger partial charge in [-0.05, 0) is 23.8 Å². The first-order chi connectivity index (χ1) is 9.47. The normalized spacial score (nSPS) is 12.2. The van der Waals surface area contributed by atoms with E-state index in [9.17, 15) is 9.59 Å². The summed E-state index contributed by atoms with van der Waals surface area (Å²) in [5, 5.41) is 12.1. The molecule has 7 heteroatoms. The summed E-state index contributed by atoms with van der Waals surface area (Å²) in [5.74, 6) is -1.28. The fraction of sp³-hybridized carbons (Fsp3) is 0.231. The maximum atomic E-state index is 11.6. The zero-order valence-electron chi connectivity index (χ0n) is 10.6. The van der Waals surface area contributed by atoms with Crippen LogP contribution in [0.25, 0.3) is 6.08 Å². The van der Waals surface area contributed by atoms with Crippen molar-refractivity contribution in [1.29, 1.82) is 0 Å². The fourth-order valence-electron chi connectivity index (χ4n) is 1.34. The topological polar surface area (TPSA) is 75.6 Å². The van der Waals surface area contributed by atoms with Gasteiger partial charge in [-0.15, -0.1) is 0 Å². The molecular weight excluding hydrogens is 305 g/mol. The third-order valence-electron chi connectivity index (χ3n) is 2.36. The van der Waals surface area contributed by atoms with Crippen LogP contribution in [0, 0.1) is 0 Å². The van der Waals surface area contributed by atoms with Crippen LogP contribution in [-0.2, 0) is 14.3 Å². The first-order valence-corrected chi connectivity index (χ1v) is 6.36. The summed E-state index contributed by atoms with van der Waals surface area (Å²) in [6.07, 6.45) is 2.67. The van der Waals surface area contributed by atoms with E-state index >= 15 is 0 Å². The number of esters is 1. The fourth-order valence-corrected chi connectivity index (χ4v) is 1.81. The number of amides is 1. The van der Waals surface area contributed by atoms with Crippen LogP contribution < -0.4 is 5.32 Å². The minimum atomic E-state index is -1.10. The smallest absolute Gasteiger partial charge is 0.330 e. The van der Waals surface area contributed by atoms with Gasteiger partial charge < -0.3 is 15.2 Å². The summed E-state index contributed by atoms with van der Waals surface area (Å²) >= 11 is 11.7. The van der Waals surface area contributed by atoms with Crippen molar-refractivity contribution in [2.24, 2.45) is 0 Å². The van der Waals surface area contributed by atoms with Crippen LogP contribution in [0.4, 0.5) is 0 Å². The van der Waals surface area contributed by atoms with Crippen molar-refractivity contribution in [1.82, 2.24) is 5.32 Å². The van der Waals surface area contributed by atoms with Gasteiger partial charge in [0.05, 0.1) is 13.7 Å². The first-order valence-electron chi connectivity index (χ1n) is 5.60. The molecule has 0 saturated carbocycles. The Bertz CT molecular complexity index is 531. The molecule has 1 aromatic rings. The van der Waals surface area contributed by atoms with Crippen molar-refractivity contribution in [3.8, 4) is 0 Å². The molecule has 1 unspecified atom stereocenters. The number of methoxy groups -OCH3 is 1. The molecule has 1 rings (SSSR count). The maximum Gasteiger partial charge on any atom is 0.330 e. The number of hydrogen-bond donors (Lipinski definition) is 2. The predicted octanol–water partition coefficient (Wildman–Crippen LogP) is 1.66. The summed E-state index contributed by atoms with van der Waals surface area (Å²) in [7, 11) is 1.17. The molecule has 2 N–H and O–H groups in total. The van der Waals surface area contributed by atoms with E-state index in [0.717, 1.165) is 0 Å². The van der Waals surface area contributed by atoms with E-state index in [-0.39, 0.29) is 0 Å². The predicted molar refractivity (Wildman–Crippen MR) is 76.5 cm³/mol. The van der Waals surface area contributed by atoms with Gasteiger partial charge in [0.2, 0.25) is 5.91 Å². The zero-order valence-corrected chi connectivity index (χ0v) is 12.1. The van der Waals surface area contributed by atoms with Crippen molar-refractivity contribution in [3.05, 3.63) is 39.9 Å². The van der Waals surface area contributed by atoms with Crippen molar-refractivity contribution >= 4 is 41.2 Å². The largest absolute Gasteiger partial charge is 0.467 e. The molecule has 108 valence electrons. The summed E-state index contributed by atoms with van der Waals surface area (Å²) in [6.45, 7) is -0.548. The van der Waals surface area contributed by atoms with Gasteiger partial charge in [0, 0.05) is 16.1 Å². The molecule has 0 aliphatic rings. The minimum Gasteiger partial charge on any atom is -0.467 e. The van der Waals surface area contributed by atoms with Crippen LogP contribution in [0.2, 0.25) is 10.0 Å².